The van der Waals surface area contributed by atoms with Crippen LogP contribution >= 0.6 is 0 Å². The Kier molecular flexibility index (Phi) is 17.7. The Bertz CT molecular complexity index is 346. The number of carbonyl (C=O) groups excluding carboxylic acids is 1. The summed E-state index contributed by atoms with van der Waals surface area (Å²) >= 11 is 0. The summed E-state index contributed by atoms with van der Waals surface area (Å²) in [6, 6.07) is 0. The predicted molar refractivity (Wildman–Crippen MR) is 87.5 cm³/mol. The lowest BCUT2D eigenvalue weighted by atomic mass is 10.5. The van der Waals surface area contributed by atoms with Crippen LogP contribution < -0.4 is 0 Å². The molecule has 0 aromatic rings. The molecule has 0 saturated carbocycles. The largest absolute Gasteiger partial charge is 0.481 e. The molecule has 0 aliphatic heterocycles. The Morgan fingerprint density at radius 1 is 0.680 bits per heavy atom. The van der Waals surface area contributed by atoms with E-state index in [1.807, 2.05) is 0 Å². The zero-order valence-corrected chi connectivity index (χ0v) is 14.5. The van der Waals surface area contributed by atoms with Crippen molar-refractivity contribution in [2.75, 3.05) is 72.7 Å². The van der Waals surface area contributed by atoms with Gasteiger partial charge in [-0.3, -0.25) is 4.79 Å². The lowest BCUT2D eigenvalue weighted by Gasteiger charge is -2.08. The fourth-order valence-electron chi connectivity index (χ4n) is 1.40. The first-order chi connectivity index (χ1) is 12.2. The maximum Gasteiger partial charge on any atom is 0.330 e. The summed E-state index contributed by atoms with van der Waals surface area (Å²) in [6.45, 7) is 7.39. The van der Waals surface area contributed by atoms with Gasteiger partial charge in [0.25, 0.3) is 0 Å². The molecule has 0 aromatic carbocycles. The van der Waals surface area contributed by atoms with Gasteiger partial charge < -0.3 is 33.5 Å². The second-order valence-electron chi connectivity index (χ2n) is 4.58. The number of esters is 1. The summed E-state index contributed by atoms with van der Waals surface area (Å²) in [4.78, 5) is 21.0. The van der Waals surface area contributed by atoms with Crippen LogP contribution in [-0.2, 0) is 38.0 Å². The van der Waals surface area contributed by atoms with Crippen molar-refractivity contribution in [3.63, 3.8) is 0 Å². The van der Waals surface area contributed by atoms with Crippen molar-refractivity contribution < 1.29 is 43.1 Å². The summed E-state index contributed by atoms with van der Waals surface area (Å²) in [7, 11) is 0. The minimum absolute atomic E-state index is 0.00306. The number of rotatable bonds is 19. The van der Waals surface area contributed by atoms with E-state index >= 15 is 0 Å². The Morgan fingerprint density at radius 3 is 1.40 bits per heavy atom. The third-order valence-electron chi connectivity index (χ3n) is 2.59. The van der Waals surface area contributed by atoms with Crippen LogP contribution in [0.2, 0.25) is 0 Å². The Balaban J connectivity index is 3.04. The lowest BCUT2D eigenvalue weighted by molar-refractivity contribution is -0.140. The highest BCUT2D eigenvalue weighted by Gasteiger charge is 1.97. The minimum Gasteiger partial charge on any atom is -0.481 e. The predicted octanol–water partition coefficient (Wildman–Crippen LogP) is 0.273. The van der Waals surface area contributed by atoms with Gasteiger partial charge in [-0.15, -0.1) is 0 Å². The number of aliphatic carboxylic acids is 1. The number of hydrogen-bond acceptors (Lipinski definition) is 8. The highest BCUT2D eigenvalue weighted by atomic mass is 16.6. The molecule has 1 N–H and O–H groups in total. The number of carbonyl (C=O) groups is 2. The molecule has 0 aliphatic carbocycles. The SMILES string of the molecule is C=CC(=O)OCCOCCOCCOCCOCCOCCC(=O)O. The van der Waals surface area contributed by atoms with Crippen LogP contribution in [0.5, 0.6) is 0 Å². The highest BCUT2D eigenvalue weighted by molar-refractivity contribution is 5.81. The van der Waals surface area contributed by atoms with Crippen LogP contribution in [-0.4, -0.2) is 89.7 Å². The standard InChI is InChI=1S/C16H28O9/c1-2-16(19)25-14-13-24-12-11-23-10-9-22-8-7-21-6-5-20-4-3-15(17)18/h2H,1,3-14H2,(H,17,18). The van der Waals surface area contributed by atoms with Crippen molar-refractivity contribution in [2.45, 2.75) is 6.42 Å². The van der Waals surface area contributed by atoms with Crippen molar-refractivity contribution in [2.24, 2.45) is 0 Å². The molecule has 0 heterocycles. The molecule has 0 atom stereocenters. The summed E-state index contributed by atoms with van der Waals surface area (Å²) in [5.41, 5.74) is 0. The third-order valence-corrected chi connectivity index (χ3v) is 2.59. The van der Waals surface area contributed by atoms with Gasteiger partial charge in [0.05, 0.1) is 72.5 Å². The summed E-state index contributed by atoms with van der Waals surface area (Å²) in [5, 5.41) is 8.40. The second-order valence-corrected chi connectivity index (χ2v) is 4.58. The minimum atomic E-state index is -0.878. The average Bonchev–Trinajstić information content (AvgIpc) is 2.60. The normalized spacial score (nSPS) is 10.6. The van der Waals surface area contributed by atoms with Crippen LogP contribution in [0.15, 0.2) is 12.7 Å². The van der Waals surface area contributed by atoms with Crippen LogP contribution in [0.3, 0.4) is 0 Å². The van der Waals surface area contributed by atoms with Crippen LogP contribution in [0.25, 0.3) is 0 Å². The van der Waals surface area contributed by atoms with Gasteiger partial charge in [-0.1, -0.05) is 6.58 Å². The number of carboxylic acid groups (broad SMARTS) is 1. The Labute approximate surface area is 147 Å². The molecular formula is C16H28O9. The van der Waals surface area contributed by atoms with Gasteiger partial charge in [-0.25, -0.2) is 4.79 Å². The average molecular weight is 364 g/mol. The molecule has 0 fully saturated rings. The van der Waals surface area contributed by atoms with Gasteiger partial charge in [0, 0.05) is 6.08 Å². The molecule has 0 aliphatic rings. The van der Waals surface area contributed by atoms with Gasteiger partial charge in [0.1, 0.15) is 6.61 Å². The van der Waals surface area contributed by atoms with E-state index < -0.39 is 11.9 Å². The molecule has 9 heteroatoms. The second kappa shape index (κ2) is 18.8. The first kappa shape index (κ1) is 23.5. The lowest BCUT2D eigenvalue weighted by Crippen LogP contribution is -2.14. The van der Waals surface area contributed by atoms with Gasteiger partial charge >= 0.3 is 11.9 Å². The van der Waals surface area contributed by atoms with E-state index in [1.54, 1.807) is 0 Å². The molecule has 0 radical (unpaired) electrons. The summed E-state index contributed by atoms with van der Waals surface area (Å²) in [5.74, 6) is -1.34. The molecule has 0 saturated heterocycles. The van der Waals surface area contributed by atoms with E-state index in [-0.39, 0.29) is 19.6 Å². The van der Waals surface area contributed by atoms with E-state index in [0.29, 0.717) is 59.5 Å². The number of hydrogen-bond donors (Lipinski definition) is 1. The summed E-state index contributed by atoms with van der Waals surface area (Å²) in [6.07, 6.45) is 1.10. The maximum atomic E-state index is 10.7. The first-order valence-corrected chi connectivity index (χ1v) is 8.06. The number of ether oxygens (including phenoxy) is 6. The van der Waals surface area contributed by atoms with Crippen LogP contribution in [0.4, 0.5) is 0 Å². The zero-order chi connectivity index (χ0) is 18.6. The fourth-order valence-corrected chi connectivity index (χ4v) is 1.40. The quantitative estimate of drug-likeness (QED) is 0.196. The van der Waals surface area contributed by atoms with Gasteiger partial charge in [-0.2, -0.15) is 0 Å². The number of carboxylic acids is 1. The smallest absolute Gasteiger partial charge is 0.330 e. The van der Waals surface area contributed by atoms with E-state index in [9.17, 15) is 9.59 Å². The van der Waals surface area contributed by atoms with Crippen molar-refractivity contribution in [3.05, 3.63) is 12.7 Å². The molecule has 146 valence electrons. The summed E-state index contributed by atoms with van der Waals surface area (Å²) < 4.78 is 30.8. The van der Waals surface area contributed by atoms with E-state index in [1.165, 1.54) is 0 Å². The van der Waals surface area contributed by atoms with Crippen molar-refractivity contribution >= 4 is 11.9 Å². The van der Waals surface area contributed by atoms with Gasteiger partial charge in [0.15, 0.2) is 0 Å². The molecule has 0 amide bonds. The molecule has 0 rings (SSSR count). The Hall–Kier alpha value is -1.52. The molecule has 0 unspecified atom stereocenters. The van der Waals surface area contributed by atoms with Gasteiger partial charge in [-0.05, 0) is 0 Å². The van der Waals surface area contributed by atoms with Crippen molar-refractivity contribution in [3.8, 4) is 0 Å². The molecule has 25 heavy (non-hydrogen) atoms. The molecule has 0 bridgehead atoms. The van der Waals surface area contributed by atoms with Crippen LogP contribution in [0.1, 0.15) is 6.42 Å². The molecule has 9 nitrogen and oxygen atoms in total. The first-order valence-electron chi connectivity index (χ1n) is 8.06. The zero-order valence-electron chi connectivity index (χ0n) is 14.5. The fraction of sp³-hybridized carbons (Fsp3) is 0.750. The van der Waals surface area contributed by atoms with E-state index in [0.717, 1.165) is 6.08 Å². The Morgan fingerprint density at radius 2 is 1.04 bits per heavy atom. The van der Waals surface area contributed by atoms with Gasteiger partial charge in [0.2, 0.25) is 0 Å². The molecule has 0 spiro atoms. The molecular weight excluding hydrogens is 336 g/mol. The van der Waals surface area contributed by atoms with E-state index in [4.69, 9.17) is 33.5 Å². The monoisotopic (exact) mass is 364 g/mol. The third kappa shape index (κ3) is 20.4. The maximum absolute atomic E-state index is 10.7. The highest BCUT2D eigenvalue weighted by Crippen LogP contribution is 1.86. The van der Waals surface area contributed by atoms with E-state index in [2.05, 4.69) is 6.58 Å². The molecule has 0 aromatic heterocycles. The van der Waals surface area contributed by atoms with Crippen molar-refractivity contribution in [1.29, 1.82) is 0 Å². The van der Waals surface area contributed by atoms with Crippen molar-refractivity contribution in [1.82, 2.24) is 0 Å². The topological polar surface area (TPSA) is 110 Å². The van der Waals surface area contributed by atoms with Crippen LogP contribution in [0, 0.1) is 0 Å².